The molecule has 0 amide bonds. The van der Waals surface area contributed by atoms with Crippen molar-refractivity contribution in [3.8, 4) is 18.0 Å². The van der Waals surface area contributed by atoms with Crippen LogP contribution in [-0.2, 0) is 0 Å². The largest absolute Gasteiger partial charge is 0.481 e. The molecule has 26 heteroatoms. The van der Waals surface area contributed by atoms with E-state index in [1.54, 1.807) is 96.9 Å². The minimum Gasteiger partial charge on any atom is -0.481 e. The molecule has 10 aliphatic heterocycles. The van der Waals surface area contributed by atoms with Gasteiger partial charge in [0.15, 0.2) is 28.0 Å². The maximum atomic E-state index is 13.8. The number of carbonyl (C=O) groups excluding carboxylic acids is 5. The molecule has 9 aromatic carbocycles. The number of para-hydroxylation sites is 2. The Labute approximate surface area is 683 Å². The lowest BCUT2D eigenvalue weighted by Gasteiger charge is -2.30. The molecule has 10 aromatic rings. The number of benzene rings is 9. The van der Waals surface area contributed by atoms with E-state index in [4.69, 9.17) is 26.9 Å². The minimum atomic E-state index is -1.75. The van der Waals surface area contributed by atoms with Crippen molar-refractivity contribution in [2.45, 2.75) is 94.7 Å². The van der Waals surface area contributed by atoms with E-state index in [-0.39, 0.29) is 47.4 Å². The normalized spacial score (nSPS) is 22.2. The molecule has 5 atom stereocenters. The van der Waals surface area contributed by atoms with E-state index < -0.39 is 39.6 Å². The van der Waals surface area contributed by atoms with E-state index >= 15 is 0 Å². The lowest BCUT2D eigenvalue weighted by molar-refractivity contribution is 0.0599. The standard InChI is InChI=1S/C19H14FN3O2.C19H15N3O2.C19H18N2O2.C18H16N2O2.C17H14ClN3O3/c1-11-8-16-14(9-15(11)20)17(24)19(25)6-7-23(18(19)22-16)13-4-2-12(10-21)3-5-13;1-12-2-7-16-15(10-12)17(23)19(24)8-9-22(18(19)21-16)14-5-3-13(11-20)4-6-14;1-12-10-15-16(11-13(12)2)20-18-19(23,17(15)22)8-9-21(18)14-6-4-3-5-7-14;1-12-7-8-15-14(11-12)16(21)18(22)9-10-20(17(18)19-15)13-5-3-2-4-6-13;1-24-14-9-11(4-6-19-14)21-7-5-17(23)15(22)12-8-10(18)2-3-13(12)20-16(17)21/h2-5,8-9,25H,6-7H2,1H3;2-7,10,24H,8-9H2,1H3;3-7,10-11,23H,8-9H2,1-2H3;2-8,11,22H,9-10H2,1H3;2-4,6,8-9,23H,5,7H2,1H3/t3*19-;18-;17-/m11111/s1. The molecule has 11 heterocycles. The molecule has 0 saturated carbocycles. The van der Waals surface area contributed by atoms with Gasteiger partial charge in [-0.05, 0) is 197 Å². The van der Waals surface area contributed by atoms with Crippen LogP contribution in [0.1, 0.15) is 123 Å². The van der Waals surface area contributed by atoms with Gasteiger partial charge in [0.25, 0.3) is 0 Å². The number of carbonyl (C=O) groups is 5. The molecule has 118 heavy (non-hydrogen) atoms. The summed E-state index contributed by atoms with van der Waals surface area (Å²) in [7, 11) is 1.54. The first-order chi connectivity index (χ1) is 56.6. The molecule has 24 nitrogen and oxygen atoms in total. The van der Waals surface area contributed by atoms with E-state index in [0.717, 1.165) is 56.8 Å². The number of nitriles is 2. The van der Waals surface area contributed by atoms with Crippen LogP contribution in [0.2, 0.25) is 5.02 Å². The number of hydrogen-bond donors (Lipinski definition) is 5. The second-order valence-corrected chi connectivity index (χ2v) is 30.9. The number of ketones is 5. The fourth-order valence-electron chi connectivity index (χ4n) is 16.3. The molecule has 5 N–H and O–H groups in total. The molecule has 20 rings (SSSR count). The van der Waals surface area contributed by atoms with Crippen molar-refractivity contribution in [1.29, 1.82) is 10.5 Å². The Morgan fingerprint density at radius 2 is 0.695 bits per heavy atom. The number of hydrogen-bond acceptors (Lipinski definition) is 24. The van der Waals surface area contributed by atoms with Gasteiger partial charge in [-0.3, -0.25) is 24.0 Å². The number of ether oxygens (including phenoxy) is 1. The molecule has 5 saturated heterocycles. The lowest BCUT2D eigenvalue weighted by atomic mass is 9.86. The quantitative estimate of drug-likeness (QED) is 0.103. The van der Waals surface area contributed by atoms with E-state index in [1.807, 2.05) is 156 Å². The van der Waals surface area contributed by atoms with Crippen LogP contribution in [-0.4, -0.2) is 156 Å². The van der Waals surface area contributed by atoms with Crippen molar-refractivity contribution >= 4 is 127 Å². The van der Waals surface area contributed by atoms with E-state index in [2.05, 4.69) is 42.1 Å². The molecule has 0 aliphatic carbocycles. The summed E-state index contributed by atoms with van der Waals surface area (Å²) >= 11 is 5.97. The highest BCUT2D eigenvalue weighted by molar-refractivity contribution is 6.34. The number of Topliss-reactive ketones (excluding diaryl/α,β-unsaturated/α-hetero) is 5. The molecular formula is C92H77ClFN13O11. The highest BCUT2D eigenvalue weighted by atomic mass is 35.5. The topological polar surface area (TPSA) is 334 Å². The van der Waals surface area contributed by atoms with E-state index in [9.17, 15) is 53.9 Å². The Morgan fingerprint density at radius 1 is 0.373 bits per heavy atom. The molecule has 0 bridgehead atoms. The summed E-state index contributed by atoms with van der Waals surface area (Å²) < 4.78 is 19.0. The zero-order valence-corrected chi connectivity index (χ0v) is 65.7. The third-order valence-electron chi connectivity index (χ3n) is 23.0. The number of nitrogens with zero attached hydrogens (tertiary/aromatic N) is 13. The predicted octanol–water partition coefficient (Wildman–Crippen LogP) is 14.3. The summed E-state index contributed by atoms with van der Waals surface area (Å²) in [5.41, 5.74) is 6.54. The summed E-state index contributed by atoms with van der Waals surface area (Å²) in [5, 5.41) is 73.1. The average Bonchev–Trinajstić information content (AvgIpc) is 1.59. The highest BCUT2D eigenvalue weighted by Gasteiger charge is 2.57. The number of anilines is 5. The summed E-state index contributed by atoms with van der Waals surface area (Å²) in [6.45, 7) is 12.0. The summed E-state index contributed by atoms with van der Waals surface area (Å²) in [5.74, 6) is 0.149. The van der Waals surface area contributed by atoms with Crippen LogP contribution in [0, 0.1) is 63.1 Å². The van der Waals surface area contributed by atoms with Gasteiger partial charge < -0.3 is 54.8 Å². The highest BCUT2D eigenvalue weighted by Crippen LogP contribution is 2.47. The molecule has 0 unspecified atom stereocenters. The predicted molar refractivity (Wildman–Crippen MR) is 449 cm³/mol. The maximum Gasteiger partial charge on any atom is 0.214 e. The Kier molecular flexibility index (Phi) is 20.2. The zero-order chi connectivity index (χ0) is 83.1. The first-order valence-electron chi connectivity index (χ1n) is 38.3. The Balaban J connectivity index is 0.000000110. The number of methoxy groups -OCH3 is 1. The van der Waals surface area contributed by atoms with Crippen molar-refractivity contribution in [3.63, 3.8) is 0 Å². The van der Waals surface area contributed by atoms with Crippen LogP contribution in [0.15, 0.2) is 231 Å². The van der Waals surface area contributed by atoms with Gasteiger partial charge in [0, 0.05) is 138 Å². The second-order valence-electron chi connectivity index (χ2n) is 30.5. The molecule has 590 valence electrons. The number of halogens is 2. The summed E-state index contributed by atoms with van der Waals surface area (Å²) in [6.07, 6.45) is 3.10. The number of aromatic nitrogens is 1. The number of aliphatic hydroxyl groups is 5. The lowest BCUT2D eigenvalue weighted by Crippen LogP contribution is -2.48. The van der Waals surface area contributed by atoms with Gasteiger partial charge in [0.2, 0.25) is 34.8 Å². The van der Waals surface area contributed by atoms with Crippen LogP contribution in [0.4, 0.5) is 61.3 Å². The number of amidine groups is 5. The van der Waals surface area contributed by atoms with Crippen molar-refractivity contribution in [3.05, 3.63) is 284 Å². The molecule has 5 fully saturated rings. The van der Waals surface area contributed by atoms with Crippen LogP contribution in [0.3, 0.4) is 0 Å². The fourth-order valence-corrected chi connectivity index (χ4v) is 16.5. The summed E-state index contributed by atoms with van der Waals surface area (Å²) in [4.78, 5) is 100. The molecule has 1 aromatic heterocycles. The number of aryl methyl sites for hydroxylation is 5. The number of fused-ring (bicyclic) bond motifs is 10. The van der Waals surface area contributed by atoms with Crippen molar-refractivity contribution in [2.24, 2.45) is 25.0 Å². The summed E-state index contributed by atoms with van der Waals surface area (Å²) in [6, 6.07) is 63.5. The first-order valence-corrected chi connectivity index (χ1v) is 38.7. The number of pyridine rings is 1. The molecule has 0 radical (unpaired) electrons. The zero-order valence-electron chi connectivity index (χ0n) is 65.0. The van der Waals surface area contributed by atoms with Crippen LogP contribution >= 0.6 is 11.6 Å². The third-order valence-corrected chi connectivity index (χ3v) is 23.2. The van der Waals surface area contributed by atoms with Crippen molar-refractivity contribution in [2.75, 3.05) is 64.3 Å². The van der Waals surface area contributed by atoms with Gasteiger partial charge in [0.05, 0.1) is 58.8 Å². The smallest absolute Gasteiger partial charge is 0.214 e. The van der Waals surface area contributed by atoms with Gasteiger partial charge in [0.1, 0.15) is 35.0 Å². The maximum absolute atomic E-state index is 13.8. The molecule has 0 spiro atoms. The van der Waals surface area contributed by atoms with Gasteiger partial charge in [-0.25, -0.2) is 34.3 Å². The number of rotatable bonds is 6. The van der Waals surface area contributed by atoms with Gasteiger partial charge in [-0.15, -0.1) is 0 Å². The monoisotopic (exact) mass is 1590 g/mol. The first kappa shape index (κ1) is 78.5. The fraction of sp³-hybridized carbons (Fsp3) is 0.228. The van der Waals surface area contributed by atoms with Crippen LogP contribution in [0.25, 0.3) is 0 Å². The SMILES string of the molecule is COc1cc(N2CC[C@@]3(O)C(=O)c4cc(Cl)ccc4N=C23)ccn1.Cc1cc2c(cc1C)C(=O)[C@]1(O)CCN(c3ccccc3)C1=N2.Cc1cc2c(cc1F)C(=O)[C@]1(O)CCN(c3ccc(C#N)cc3)C1=N2.Cc1ccc2c(c1)C(=O)[C@]1(O)CCN(c3ccc(C#N)cc3)C1=N2.Cc1ccc2c(c1)C(=O)[C@]1(O)CCN(c3ccccc3)C1=N2. The second kappa shape index (κ2) is 30.4. The van der Waals surface area contributed by atoms with E-state index in [0.29, 0.717) is 154 Å². The minimum absolute atomic E-state index is 0.107. The van der Waals surface area contributed by atoms with Crippen molar-refractivity contribution < 1.29 is 58.6 Å². The van der Waals surface area contributed by atoms with Gasteiger partial charge in [-0.1, -0.05) is 71.3 Å². The Morgan fingerprint density at radius 3 is 1.08 bits per heavy atom. The Hall–Kier alpha value is -13.4. The van der Waals surface area contributed by atoms with Gasteiger partial charge >= 0.3 is 0 Å². The van der Waals surface area contributed by atoms with Crippen molar-refractivity contribution in [1.82, 2.24) is 4.98 Å². The Bertz CT molecular complexity index is 6150. The third kappa shape index (κ3) is 13.6. The van der Waals surface area contributed by atoms with Crippen LogP contribution < -0.4 is 29.2 Å². The van der Waals surface area contributed by atoms with E-state index in [1.165, 1.54) is 13.2 Å². The average molecular weight is 1600 g/mol. The van der Waals surface area contributed by atoms with Crippen LogP contribution in [0.5, 0.6) is 5.88 Å². The molecular weight excluding hydrogens is 1520 g/mol. The molecule has 10 aliphatic rings. The van der Waals surface area contributed by atoms with Gasteiger partial charge in [-0.2, -0.15) is 10.5 Å². The number of aliphatic imine (C=N–C) groups is 5.